The van der Waals surface area contributed by atoms with E-state index in [0.29, 0.717) is 11.4 Å². The lowest BCUT2D eigenvalue weighted by Gasteiger charge is -2.28. The van der Waals surface area contributed by atoms with E-state index in [0.717, 1.165) is 40.8 Å². The van der Waals surface area contributed by atoms with Crippen LogP contribution in [0.15, 0.2) is 59.2 Å². The number of aromatic nitrogens is 2. The quantitative estimate of drug-likeness (QED) is 0.666. The molecule has 1 aliphatic rings. The van der Waals surface area contributed by atoms with Crippen LogP contribution in [0.3, 0.4) is 0 Å². The number of hydrogen-bond acceptors (Lipinski definition) is 3. The second-order valence-corrected chi connectivity index (χ2v) is 7.61. The summed E-state index contributed by atoms with van der Waals surface area (Å²) >= 11 is 3.44. The van der Waals surface area contributed by atoms with E-state index in [-0.39, 0.29) is 11.8 Å². The molecule has 0 radical (unpaired) electrons. The molecule has 0 spiro atoms. The average Bonchev–Trinajstić information content (AvgIpc) is 3.17. The highest BCUT2D eigenvalue weighted by Crippen LogP contribution is 2.30. The van der Waals surface area contributed by atoms with Crippen LogP contribution < -0.4 is 10.2 Å². The highest BCUT2D eigenvalue weighted by atomic mass is 79.9. The minimum Gasteiger partial charge on any atom is -0.321 e. The molecule has 142 valence electrons. The van der Waals surface area contributed by atoms with E-state index < -0.39 is 0 Å². The second-order valence-electron chi connectivity index (χ2n) is 6.70. The molecule has 2 amide bonds. The molecule has 0 saturated heterocycles. The van der Waals surface area contributed by atoms with Crippen LogP contribution in [0.2, 0.25) is 0 Å². The molecule has 2 aromatic carbocycles. The summed E-state index contributed by atoms with van der Waals surface area (Å²) in [5, 5.41) is 7.27. The van der Waals surface area contributed by atoms with Gasteiger partial charge in [0.2, 0.25) is 5.91 Å². The van der Waals surface area contributed by atoms with Crippen molar-refractivity contribution in [2.24, 2.45) is 0 Å². The molecule has 0 saturated carbocycles. The van der Waals surface area contributed by atoms with Crippen LogP contribution in [0.4, 0.5) is 11.4 Å². The molecule has 0 atom stereocenters. The summed E-state index contributed by atoms with van der Waals surface area (Å²) in [4.78, 5) is 26.2. The smallest absolute Gasteiger partial charge is 0.276 e. The second kappa shape index (κ2) is 7.59. The SMILES string of the molecule is CC(=O)N1CCCc2cc(NC(=O)c3ccn(-c4cccc(Br)c4)n3)ccc21. The van der Waals surface area contributed by atoms with Crippen molar-refractivity contribution in [3.05, 3.63) is 70.5 Å². The van der Waals surface area contributed by atoms with Crippen molar-refractivity contribution in [1.82, 2.24) is 9.78 Å². The normalized spacial score (nSPS) is 13.1. The number of halogens is 1. The van der Waals surface area contributed by atoms with Gasteiger partial charge in [-0.3, -0.25) is 9.59 Å². The van der Waals surface area contributed by atoms with Crippen molar-refractivity contribution >= 4 is 39.1 Å². The number of hydrogen-bond donors (Lipinski definition) is 1. The van der Waals surface area contributed by atoms with E-state index in [4.69, 9.17) is 0 Å². The summed E-state index contributed by atoms with van der Waals surface area (Å²) in [7, 11) is 0. The Kier molecular flexibility index (Phi) is 5.00. The summed E-state index contributed by atoms with van der Waals surface area (Å²) < 4.78 is 2.61. The molecule has 6 nitrogen and oxygen atoms in total. The topological polar surface area (TPSA) is 67.2 Å². The lowest BCUT2D eigenvalue weighted by molar-refractivity contribution is -0.116. The zero-order chi connectivity index (χ0) is 19.7. The first-order chi connectivity index (χ1) is 13.5. The number of nitrogens with zero attached hydrogens (tertiary/aromatic N) is 3. The van der Waals surface area contributed by atoms with Gasteiger partial charge in [0.1, 0.15) is 0 Å². The zero-order valence-corrected chi connectivity index (χ0v) is 16.9. The van der Waals surface area contributed by atoms with Gasteiger partial charge in [-0.1, -0.05) is 22.0 Å². The summed E-state index contributed by atoms with van der Waals surface area (Å²) in [6, 6.07) is 15.0. The Morgan fingerprint density at radius 2 is 2.00 bits per heavy atom. The van der Waals surface area contributed by atoms with E-state index >= 15 is 0 Å². The minimum atomic E-state index is -0.270. The summed E-state index contributed by atoms with van der Waals surface area (Å²) in [6.07, 6.45) is 3.57. The highest BCUT2D eigenvalue weighted by molar-refractivity contribution is 9.10. The Balaban J connectivity index is 1.52. The van der Waals surface area contributed by atoms with Crippen molar-refractivity contribution in [2.75, 3.05) is 16.8 Å². The van der Waals surface area contributed by atoms with Gasteiger partial charge >= 0.3 is 0 Å². The first kappa shape index (κ1) is 18.4. The molecule has 1 N–H and O–H groups in total. The minimum absolute atomic E-state index is 0.0378. The predicted molar refractivity (Wildman–Crippen MR) is 112 cm³/mol. The maximum Gasteiger partial charge on any atom is 0.276 e. The van der Waals surface area contributed by atoms with Gasteiger partial charge in [0.15, 0.2) is 5.69 Å². The van der Waals surface area contributed by atoms with Crippen LogP contribution in [0.1, 0.15) is 29.4 Å². The number of fused-ring (bicyclic) bond motifs is 1. The van der Waals surface area contributed by atoms with Crippen LogP contribution in [0.25, 0.3) is 5.69 Å². The van der Waals surface area contributed by atoms with Crippen molar-refractivity contribution in [2.45, 2.75) is 19.8 Å². The van der Waals surface area contributed by atoms with Gasteiger partial charge in [-0.15, -0.1) is 0 Å². The van der Waals surface area contributed by atoms with Gasteiger partial charge in [0.25, 0.3) is 5.91 Å². The lowest BCUT2D eigenvalue weighted by Crippen LogP contribution is -2.33. The van der Waals surface area contributed by atoms with Crippen molar-refractivity contribution in [3.63, 3.8) is 0 Å². The fourth-order valence-corrected chi connectivity index (χ4v) is 3.79. The standard InChI is InChI=1S/C21H19BrN4O2/c1-14(27)25-10-3-4-15-12-17(7-8-20(15)25)23-21(28)19-9-11-26(24-19)18-6-2-5-16(22)13-18/h2,5-9,11-13H,3-4,10H2,1H3,(H,23,28). The largest absolute Gasteiger partial charge is 0.321 e. The molecule has 4 rings (SSSR count). The lowest BCUT2D eigenvalue weighted by atomic mass is 10.0. The fourth-order valence-electron chi connectivity index (χ4n) is 3.40. The third-order valence-electron chi connectivity index (χ3n) is 4.73. The van der Waals surface area contributed by atoms with Crippen molar-refractivity contribution in [3.8, 4) is 5.69 Å². The molecule has 1 aromatic heterocycles. The van der Waals surface area contributed by atoms with Gasteiger partial charge in [-0.05, 0) is 60.9 Å². The van der Waals surface area contributed by atoms with Gasteiger partial charge in [-0.25, -0.2) is 4.68 Å². The van der Waals surface area contributed by atoms with E-state index in [1.807, 2.05) is 42.5 Å². The third kappa shape index (κ3) is 3.71. The van der Waals surface area contributed by atoms with Crippen molar-refractivity contribution < 1.29 is 9.59 Å². The number of carbonyl (C=O) groups is 2. The highest BCUT2D eigenvalue weighted by Gasteiger charge is 2.20. The van der Waals surface area contributed by atoms with Crippen LogP contribution in [-0.2, 0) is 11.2 Å². The number of rotatable bonds is 3. The number of carbonyl (C=O) groups excluding carboxylic acids is 2. The molecular weight excluding hydrogens is 420 g/mol. The maximum absolute atomic E-state index is 12.6. The van der Waals surface area contributed by atoms with E-state index in [2.05, 4.69) is 26.3 Å². The number of nitrogens with one attached hydrogen (secondary N) is 1. The summed E-state index contributed by atoms with van der Waals surface area (Å²) in [6.45, 7) is 2.31. The molecular formula is C21H19BrN4O2. The average molecular weight is 439 g/mol. The first-order valence-corrected chi connectivity index (χ1v) is 9.84. The molecule has 0 fully saturated rings. The summed E-state index contributed by atoms with van der Waals surface area (Å²) in [5.41, 5.74) is 3.90. The molecule has 0 aliphatic carbocycles. The van der Waals surface area contributed by atoms with Crippen LogP contribution in [0.5, 0.6) is 0 Å². The Labute approximate surface area is 171 Å². The van der Waals surface area contributed by atoms with Crippen molar-refractivity contribution in [1.29, 1.82) is 0 Å². The molecule has 28 heavy (non-hydrogen) atoms. The molecule has 1 aliphatic heterocycles. The monoisotopic (exact) mass is 438 g/mol. The number of aryl methyl sites for hydroxylation is 1. The Morgan fingerprint density at radius 1 is 1.14 bits per heavy atom. The zero-order valence-electron chi connectivity index (χ0n) is 15.4. The van der Waals surface area contributed by atoms with Gasteiger partial charge in [-0.2, -0.15) is 5.10 Å². The van der Waals surface area contributed by atoms with Gasteiger partial charge < -0.3 is 10.2 Å². The summed E-state index contributed by atoms with van der Waals surface area (Å²) in [5.74, 6) is -0.233. The number of amides is 2. The predicted octanol–water partition coefficient (Wildman–Crippen LogP) is 4.19. The van der Waals surface area contributed by atoms with E-state index in [1.165, 1.54) is 0 Å². The Hall–Kier alpha value is -2.93. The molecule has 0 unspecified atom stereocenters. The van der Waals surface area contributed by atoms with Crippen LogP contribution in [-0.4, -0.2) is 28.1 Å². The van der Waals surface area contributed by atoms with Gasteiger partial charge in [0, 0.05) is 35.5 Å². The molecule has 0 bridgehead atoms. The maximum atomic E-state index is 12.6. The Morgan fingerprint density at radius 3 is 2.79 bits per heavy atom. The van der Waals surface area contributed by atoms with Gasteiger partial charge in [0.05, 0.1) is 5.69 Å². The third-order valence-corrected chi connectivity index (χ3v) is 5.22. The van der Waals surface area contributed by atoms with Crippen LogP contribution in [0, 0.1) is 0 Å². The number of anilines is 2. The first-order valence-electron chi connectivity index (χ1n) is 9.05. The van der Waals surface area contributed by atoms with Crippen LogP contribution >= 0.6 is 15.9 Å². The molecule has 3 aromatic rings. The van der Waals surface area contributed by atoms with E-state index in [9.17, 15) is 9.59 Å². The fraction of sp³-hybridized carbons (Fsp3) is 0.190. The van der Waals surface area contributed by atoms with E-state index in [1.54, 1.807) is 28.8 Å². The Bertz CT molecular complexity index is 1060. The number of benzene rings is 2. The molecule has 2 heterocycles. The molecule has 7 heteroatoms.